The van der Waals surface area contributed by atoms with E-state index in [-0.39, 0.29) is 34.8 Å². The van der Waals surface area contributed by atoms with Crippen LogP contribution < -0.4 is 4.74 Å². The fourth-order valence-corrected chi connectivity index (χ4v) is 8.13. The molecular weight excluding hydrogens is 450 g/mol. The van der Waals surface area contributed by atoms with Gasteiger partial charge in [-0.2, -0.15) is 0 Å². The van der Waals surface area contributed by atoms with Gasteiger partial charge in [-0.1, -0.05) is 24.1 Å². The van der Waals surface area contributed by atoms with Crippen LogP contribution in [-0.4, -0.2) is 84.2 Å². The van der Waals surface area contributed by atoms with E-state index in [9.17, 15) is 9.90 Å². The Hall–Kier alpha value is -3.01. The smallest absolute Gasteiger partial charge is 0.298 e. The predicted molar refractivity (Wildman–Crippen MR) is 139 cm³/mol. The Balaban J connectivity index is 1.44. The largest absolute Gasteiger partial charge is 0.504 e. The third kappa shape index (κ3) is 2.90. The van der Waals surface area contributed by atoms with Crippen LogP contribution in [0.25, 0.3) is 0 Å². The molecule has 6 nitrogen and oxygen atoms in total. The Morgan fingerprint density at radius 3 is 2.75 bits per heavy atom. The van der Waals surface area contributed by atoms with Gasteiger partial charge < -0.3 is 24.5 Å². The minimum absolute atomic E-state index is 0.126. The number of amides is 1. The third-order valence-electron chi connectivity index (χ3n) is 9.65. The highest BCUT2D eigenvalue weighted by Gasteiger charge is 2.74. The van der Waals surface area contributed by atoms with Crippen molar-refractivity contribution < 1.29 is 14.6 Å². The molecule has 6 rings (SSSR count). The van der Waals surface area contributed by atoms with Crippen LogP contribution in [0.1, 0.15) is 41.5 Å². The summed E-state index contributed by atoms with van der Waals surface area (Å²) in [5.74, 6) is 6.57. The Bertz CT molecular complexity index is 1310. The zero-order valence-electron chi connectivity index (χ0n) is 21.8. The molecule has 0 unspecified atom stereocenters. The molecule has 2 fully saturated rings. The van der Waals surface area contributed by atoms with E-state index in [2.05, 4.69) is 48.9 Å². The van der Waals surface area contributed by atoms with Gasteiger partial charge >= 0.3 is 0 Å². The van der Waals surface area contributed by atoms with Crippen LogP contribution in [0.15, 0.2) is 36.4 Å². The summed E-state index contributed by atoms with van der Waals surface area (Å²) in [4.78, 5) is 20.1. The maximum Gasteiger partial charge on any atom is 0.298 e. The van der Waals surface area contributed by atoms with Crippen molar-refractivity contribution in [3.05, 3.63) is 58.7 Å². The molecule has 1 N–H and O–H groups in total. The lowest BCUT2D eigenvalue weighted by Gasteiger charge is -2.68. The number of benzene rings is 2. The number of aromatic hydroxyl groups is 1. The van der Waals surface area contributed by atoms with Gasteiger partial charge in [0.05, 0.1) is 11.5 Å². The number of rotatable bonds is 2. The lowest BCUT2D eigenvalue weighted by atomic mass is 9.46. The standard InChI is InChI=1S/C30H35N3O3/c1-19-7-6-8-20(17-19)9-12-25(35)33(5)22-13-14-30(31(2)3)24-18-21-10-11-23(34)27-26(21)29(30,28(22)36-27)15-16-32(24)4/h6-8,10-11,17,22,24,28,34H,13-16,18H2,1-5H3/t22-,24+,28-,29-,30+/m0/s1. The molecule has 2 bridgehead atoms. The highest BCUT2D eigenvalue weighted by Crippen LogP contribution is 2.66. The van der Waals surface area contributed by atoms with Gasteiger partial charge in [0.25, 0.3) is 5.91 Å². The van der Waals surface area contributed by atoms with Crippen molar-refractivity contribution in [1.29, 1.82) is 0 Å². The molecule has 2 aliphatic carbocycles. The van der Waals surface area contributed by atoms with Gasteiger partial charge in [-0.3, -0.25) is 4.79 Å². The number of ether oxygens (including phenoxy) is 1. The highest BCUT2D eigenvalue weighted by molar-refractivity contribution is 5.94. The van der Waals surface area contributed by atoms with E-state index in [1.54, 1.807) is 11.0 Å². The van der Waals surface area contributed by atoms with Crippen molar-refractivity contribution in [1.82, 2.24) is 14.7 Å². The van der Waals surface area contributed by atoms with E-state index in [0.29, 0.717) is 11.8 Å². The molecule has 2 aliphatic heterocycles. The monoisotopic (exact) mass is 485 g/mol. The first-order chi connectivity index (χ1) is 17.2. The summed E-state index contributed by atoms with van der Waals surface area (Å²) in [5, 5.41) is 10.9. The summed E-state index contributed by atoms with van der Waals surface area (Å²) in [6.45, 7) is 2.99. The number of carbonyl (C=O) groups is 1. The minimum atomic E-state index is -0.295. The van der Waals surface area contributed by atoms with E-state index >= 15 is 0 Å². The lowest BCUT2D eigenvalue weighted by molar-refractivity contribution is -0.156. The maximum atomic E-state index is 13.4. The molecule has 1 saturated carbocycles. The molecule has 2 heterocycles. The number of phenols is 1. The average molecular weight is 486 g/mol. The molecule has 4 aliphatic rings. The van der Waals surface area contributed by atoms with E-state index in [4.69, 9.17) is 4.74 Å². The van der Waals surface area contributed by atoms with Crippen molar-refractivity contribution >= 4 is 5.91 Å². The molecule has 188 valence electrons. The van der Waals surface area contributed by atoms with Gasteiger partial charge in [0.2, 0.25) is 0 Å². The average Bonchev–Trinajstić information content (AvgIpc) is 3.21. The Labute approximate surface area is 213 Å². The second-order valence-electron chi connectivity index (χ2n) is 11.4. The molecule has 36 heavy (non-hydrogen) atoms. The number of phenolic OH excluding ortho intramolecular Hbond substituents is 1. The number of hydrogen-bond donors (Lipinski definition) is 1. The number of likely N-dealkylation sites (tertiary alicyclic amines) is 1. The van der Waals surface area contributed by atoms with Crippen LogP contribution >= 0.6 is 0 Å². The molecular formula is C30H35N3O3. The summed E-state index contributed by atoms with van der Waals surface area (Å²) in [6.07, 6.45) is 3.42. The predicted octanol–water partition coefficient (Wildman–Crippen LogP) is 2.93. The van der Waals surface area contributed by atoms with Gasteiger partial charge in [0.15, 0.2) is 11.5 Å². The zero-order valence-corrected chi connectivity index (χ0v) is 21.8. The molecule has 2 aromatic carbocycles. The Kier molecular flexibility index (Phi) is 5.19. The van der Waals surface area contributed by atoms with Crippen molar-refractivity contribution in [3.63, 3.8) is 0 Å². The third-order valence-corrected chi connectivity index (χ3v) is 9.65. The lowest BCUT2D eigenvalue weighted by Crippen LogP contribution is -2.81. The van der Waals surface area contributed by atoms with Crippen LogP contribution in [0.5, 0.6) is 11.5 Å². The molecule has 0 radical (unpaired) electrons. The summed E-state index contributed by atoms with van der Waals surface area (Å²) >= 11 is 0. The second kappa shape index (κ2) is 7.99. The molecule has 0 aromatic heterocycles. The quantitative estimate of drug-likeness (QED) is 0.663. The Morgan fingerprint density at radius 1 is 1.19 bits per heavy atom. The van der Waals surface area contributed by atoms with Crippen molar-refractivity contribution in [2.45, 2.75) is 61.7 Å². The number of carbonyl (C=O) groups excluding carboxylic acids is 1. The SMILES string of the molecule is Cc1cccc(C#CC(=O)N(C)[C@H]2CC[C@@]3(N(C)C)[C@H]4Cc5ccc(O)c6c5[C@@]3(CCN4C)[C@H]2O6)c1. The van der Waals surface area contributed by atoms with Gasteiger partial charge in [0.1, 0.15) is 6.10 Å². The van der Waals surface area contributed by atoms with E-state index in [1.165, 1.54) is 11.1 Å². The number of nitrogens with zero attached hydrogens (tertiary/aromatic N) is 3. The molecule has 5 atom stereocenters. The van der Waals surface area contributed by atoms with E-state index < -0.39 is 0 Å². The van der Waals surface area contributed by atoms with Crippen LogP contribution in [-0.2, 0) is 16.6 Å². The summed E-state index contributed by atoms with van der Waals surface area (Å²) < 4.78 is 6.74. The second-order valence-corrected chi connectivity index (χ2v) is 11.4. The summed E-state index contributed by atoms with van der Waals surface area (Å²) in [7, 11) is 8.49. The maximum absolute atomic E-state index is 13.4. The number of aryl methyl sites for hydroxylation is 1. The number of hydrogen-bond acceptors (Lipinski definition) is 5. The minimum Gasteiger partial charge on any atom is -0.504 e. The Morgan fingerprint density at radius 2 is 2.00 bits per heavy atom. The van der Waals surface area contributed by atoms with Gasteiger partial charge in [-0.25, -0.2) is 0 Å². The van der Waals surface area contributed by atoms with Crippen LogP contribution in [0, 0.1) is 18.8 Å². The van der Waals surface area contributed by atoms with Crippen LogP contribution in [0.2, 0.25) is 0 Å². The van der Waals surface area contributed by atoms with Crippen molar-refractivity contribution in [3.8, 4) is 23.3 Å². The number of likely N-dealkylation sites (N-methyl/N-ethyl adjacent to an activating group) is 3. The fourth-order valence-electron chi connectivity index (χ4n) is 8.13. The van der Waals surface area contributed by atoms with Gasteiger partial charge in [0, 0.05) is 35.7 Å². The number of piperidine rings is 1. The molecule has 1 amide bonds. The molecule has 1 saturated heterocycles. The summed E-state index contributed by atoms with van der Waals surface area (Å²) in [5.41, 5.74) is 3.99. The topological polar surface area (TPSA) is 56.2 Å². The van der Waals surface area contributed by atoms with Gasteiger partial charge in [-0.15, -0.1) is 0 Å². The molecule has 6 heteroatoms. The van der Waals surface area contributed by atoms with E-state index in [1.807, 2.05) is 38.2 Å². The van der Waals surface area contributed by atoms with Crippen molar-refractivity contribution in [2.24, 2.45) is 0 Å². The first-order valence-electron chi connectivity index (χ1n) is 13.0. The van der Waals surface area contributed by atoms with Crippen LogP contribution in [0.4, 0.5) is 0 Å². The van der Waals surface area contributed by atoms with Crippen molar-refractivity contribution in [2.75, 3.05) is 34.7 Å². The zero-order chi connectivity index (χ0) is 25.4. The first kappa shape index (κ1) is 23.4. The molecule has 1 spiro atoms. The summed E-state index contributed by atoms with van der Waals surface area (Å²) in [6, 6.07) is 12.0. The van der Waals surface area contributed by atoms with Gasteiger partial charge in [-0.05, 0) is 89.6 Å². The molecule has 2 aromatic rings. The van der Waals surface area contributed by atoms with E-state index in [0.717, 1.165) is 43.4 Å². The first-order valence-corrected chi connectivity index (χ1v) is 13.0. The highest BCUT2D eigenvalue weighted by atomic mass is 16.5. The fraction of sp³-hybridized carbons (Fsp3) is 0.500. The van der Waals surface area contributed by atoms with Crippen LogP contribution in [0.3, 0.4) is 0 Å². The normalized spacial score (nSPS) is 31.8.